The van der Waals surface area contributed by atoms with Gasteiger partial charge in [-0.3, -0.25) is 9.48 Å². The summed E-state index contributed by atoms with van der Waals surface area (Å²) in [5, 5.41) is 15.5. The highest BCUT2D eigenvalue weighted by molar-refractivity contribution is 5.66. The van der Waals surface area contributed by atoms with Crippen LogP contribution >= 0.6 is 0 Å². The van der Waals surface area contributed by atoms with Crippen molar-refractivity contribution in [3.63, 3.8) is 0 Å². The number of rotatable bonds is 5. The van der Waals surface area contributed by atoms with E-state index in [1.165, 1.54) is 0 Å². The Balaban J connectivity index is 2.16. The van der Waals surface area contributed by atoms with Crippen LogP contribution in [0.4, 0.5) is 5.82 Å². The lowest BCUT2D eigenvalue weighted by molar-refractivity contribution is -0.137. The number of anilines is 1. The van der Waals surface area contributed by atoms with Crippen molar-refractivity contribution in [3.8, 4) is 0 Å². The van der Waals surface area contributed by atoms with E-state index in [9.17, 15) is 4.79 Å². The summed E-state index contributed by atoms with van der Waals surface area (Å²) in [5.41, 5.74) is 0. The molecule has 0 saturated heterocycles. The van der Waals surface area contributed by atoms with Crippen molar-refractivity contribution in [2.45, 2.75) is 12.8 Å². The number of aryl methyl sites for hydroxylation is 1. The number of hydrogen-bond acceptors (Lipinski definition) is 3. The van der Waals surface area contributed by atoms with Gasteiger partial charge in [0.25, 0.3) is 0 Å². The second kappa shape index (κ2) is 4.49. The average molecular weight is 183 g/mol. The van der Waals surface area contributed by atoms with Crippen molar-refractivity contribution < 1.29 is 9.90 Å². The van der Waals surface area contributed by atoms with Gasteiger partial charge in [-0.1, -0.05) is 0 Å². The summed E-state index contributed by atoms with van der Waals surface area (Å²) in [4.78, 5) is 10.2. The molecule has 5 heteroatoms. The van der Waals surface area contributed by atoms with Gasteiger partial charge in [0.2, 0.25) is 0 Å². The number of aliphatic carboxylic acids is 1. The smallest absolute Gasteiger partial charge is 0.303 e. The van der Waals surface area contributed by atoms with Crippen LogP contribution < -0.4 is 5.32 Å². The van der Waals surface area contributed by atoms with Crippen molar-refractivity contribution in [2.24, 2.45) is 7.05 Å². The maximum absolute atomic E-state index is 10.2. The first kappa shape index (κ1) is 9.57. The Morgan fingerprint density at radius 3 is 3.08 bits per heavy atom. The Bertz CT molecular complexity index is 283. The molecular formula is C8H13N3O2. The molecule has 0 atom stereocenters. The van der Waals surface area contributed by atoms with E-state index >= 15 is 0 Å². The van der Waals surface area contributed by atoms with Gasteiger partial charge in [-0.15, -0.1) is 0 Å². The number of carbonyl (C=O) groups is 1. The third-order valence-corrected chi connectivity index (χ3v) is 1.59. The molecule has 1 aromatic rings. The molecule has 0 radical (unpaired) electrons. The Hall–Kier alpha value is -1.52. The van der Waals surface area contributed by atoms with Crippen molar-refractivity contribution in [3.05, 3.63) is 12.3 Å². The maximum atomic E-state index is 10.2. The highest BCUT2D eigenvalue weighted by Crippen LogP contribution is 2.00. The standard InChI is InChI=1S/C8H13N3O2/c1-11-6-4-7(10-11)9-5-2-3-8(12)13/h4,6H,2-3,5H2,1H3,(H,9,10)(H,12,13). The van der Waals surface area contributed by atoms with Crippen LogP contribution in [0.5, 0.6) is 0 Å². The molecule has 1 heterocycles. The highest BCUT2D eigenvalue weighted by Gasteiger charge is 1.97. The van der Waals surface area contributed by atoms with Gasteiger partial charge in [0.15, 0.2) is 0 Å². The quantitative estimate of drug-likeness (QED) is 0.659. The van der Waals surface area contributed by atoms with E-state index in [-0.39, 0.29) is 6.42 Å². The number of carboxylic acid groups (broad SMARTS) is 1. The highest BCUT2D eigenvalue weighted by atomic mass is 16.4. The Morgan fingerprint density at radius 1 is 1.77 bits per heavy atom. The topological polar surface area (TPSA) is 67.2 Å². The number of hydrogen-bond donors (Lipinski definition) is 2. The summed E-state index contributed by atoms with van der Waals surface area (Å²) in [5.74, 6) is 0.0238. The van der Waals surface area contributed by atoms with Gasteiger partial charge in [-0.25, -0.2) is 0 Å². The molecule has 0 aliphatic heterocycles. The molecule has 0 bridgehead atoms. The molecule has 5 nitrogen and oxygen atoms in total. The van der Waals surface area contributed by atoms with Crippen molar-refractivity contribution >= 4 is 11.8 Å². The molecule has 1 rings (SSSR count). The largest absolute Gasteiger partial charge is 0.481 e. The molecule has 72 valence electrons. The Kier molecular flexibility index (Phi) is 3.31. The third kappa shape index (κ3) is 3.59. The lowest BCUT2D eigenvalue weighted by Crippen LogP contribution is -2.05. The van der Waals surface area contributed by atoms with Gasteiger partial charge < -0.3 is 10.4 Å². The molecule has 1 aromatic heterocycles. The summed E-state index contributed by atoms with van der Waals surface area (Å²) in [6.45, 7) is 0.642. The van der Waals surface area contributed by atoms with Crippen molar-refractivity contribution in [2.75, 3.05) is 11.9 Å². The van der Waals surface area contributed by atoms with E-state index in [0.717, 1.165) is 5.82 Å². The van der Waals surface area contributed by atoms with Gasteiger partial charge in [-0.2, -0.15) is 5.10 Å². The lowest BCUT2D eigenvalue weighted by Gasteiger charge is -1.99. The van der Waals surface area contributed by atoms with Crippen molar-refractivity contribution in [1.82, 2.24) is 9.78 Å². The Labute approximate surface area is 76.4 Å². The van der Waals surface area contributed by atoms with Crippen LogP contribution in [0.15, 0.2) is 12.3 Å². The molecule has 0 saturated carbocycles. The lowest BCUT2D eigenvalue weighted by atomic mass is 10.3. The summed E-state index contributed by atoms with van der Waals surface area (Å²) in [6, 6.07) is 1.85. The minimum atomic E-state index is -0.761. The fourth-order valence-corrected chi connectivity index (χ4v) is 0.965. The fraction of sp³-hybridized carbons (Fsp3) is 0.500. The second-order valence-corrected chi connectivity index (χ2v) is 2.80. The summed E-state index contributed by atoms with van der Waals surface area (Å²) in [7, 11) is 1.84. The molecule has 0 aliphatic carbocycles. The van der Waals surface area contributed by atoms with Gasteiger partial charge in [0.1, 0.15) is 5.82 Å². The average Bonchev–Trinajstić information content (AvgIpc) is 2.45. The van der Waals surface area contributed by atoms with E-state index in [0.29, 0.717) is 13.0 Å². The molecular weight excluding hydrogens is 170 g/mol. The van der Waals surface area contributed by atoms with Crippen LogP contribution in [0.1, 0.15) is 12.8 Å². The first-order valence-electron chi connectivity index (χ1n) is 4.14. The summed E-state index contributed by atoms with van der Waals surface area (Å²) < 4.78 is 1.69. The van der Waals surface area contributed by atoms with E-state index in [2.05, 4.69) is 10.4 Å². The molecule has 0 amide bonds. The van der Waals surface area contributed by atoms with Crippen LogP contribution in [0.3, 0.4) is 0 Å². The second-order valence-electron chi connectivity index (χ2n) is 2.80. The molecule has 0 spiro atoms. The minimum Gasteiger partial charge on any atom is -0.481 e. The first-order valence-corrected chi connectivity index (χ1v) is 4.14. The molecule has 2 N–H and O–H groups in total. The van der Waals surface area contributed by atoms with Crippen LogP contribution in [0.2, 0.25) is 0 Å². The molecule has 0 fully saturated rings. The Morgan fingerprint density at radius 2 is 2.54 bits per heavy atom. The van der Waals surface area contributed by atoms with Crippen LogP contribution in [0.25, 0.3) is 0 Å². The van der Waals surface area contributed by atoms with E-state index in [4.69, 9.17) is 5.11 Å². The number of carboxylic acids is 1. The van der Waals surface area contributed by atoms with Crippen LogP contribution in [-0.4, -0.2) is 27.4 Å². The zero-order chi connectivity index (χ0) is 9.68. The van der Waals surface area contributed by atoms with E-state index in [1.807, 2.05) is 19.3 Å². The van der Waals surface area contributed by atoms with Gasteiger partial charge in [0, 0.05) is 32.3 Å². The van der Waals surface area contributed by atoms with Crippen LogP contribution in [-0.2, 0) is 11.8 Å². The SMILES string of the molecule is Cn1ccc(NCCCC(=O)O)n1. The monoisotopic (exact) mass is 183 g/mol. The zero-order valence-electron chi connectivity index (χ0n) is 7.53. The van der Waals surface area contributed by atoms with Gasteiger partial charge >= 0.3 is 5.97 Å². The van der Waals surface area contributed by atoms with E-state index < -0.39 is 5.97 Å². The number of nitrogens with zero attached hydrogens (tertiary/aromatic N) is 2. The molecule has 0 unspecified atom stereocenters. The van der Waals surface area contributed by atoms with Gasteiger partial charge in [0.05, 0.1) is 0 Å². The molecule has 0 aromatic carbocycles. The number of aromatic nitrogens is 2. The molecule has 13 heavy (non-hydrogen) atoms. The third-order valence-electron chi connectivity index (χ3n) is 1.59. The molecule has 0 aliphatic rings. The normalized spacial score (nSPS) is 9.92. The number of nitrogens with one attached hydrogen (secondary N) is 1. The van der Waals surface area contributed by atoms with Crippen molar-refractivity contribution in [1.29, 1.82) is 0 Å². The zero-order valence-corrected chi connectivity index (χ0v) is 7.53. The van der Waals surface area contributed by atoms with Gasteiger partial charge in [-0.05, 0) is 6.42 Å². The fourth-order valence-electron chi connectivity index (χ4n) is 0.965. The predicted octanol–water partition coefficient (Wildman–Crippen LogP) is 0.697. The van der Waals surface area contributed by atoms with E-state index in [1.54, 1.807) is 4.68 Å². The summed E-state index contributed by atoms with van der Waals surface area (Å²) >= 11 is 0. The summed E-state index contributed by atoms with van der Waals surface area (Å²) in [6.07, 6.45) is 2.64. The predicted molar refractivity (Wildman–Crippen MR) is 48.6 cm³/mol. The minimum absolute atomic E-state index is 0.194. The maximum Gasteiger partial charge on any atom is 0.303 e. The van der Waals surface area contributed by atoms with Crippen LogP contribution in [0, 0.1) is 0 Å². The first-order chi connectivity index (χ1) is 6.18.